The second-order valence-electron chi connectivity index (χ2n) is 26.9. The zero-order chi connectivity index (χ0) is 73.5. The molecule has 0 aromatic heterocycles. The third-order valence-electron chi connectivity index (χ3n) is 18.8. The van der Waals surface area contributed by atoms with Crippen molar-refractivity contribution in [3.8, 4) is 0 Å². The molecule has 4 aliphatic heterocycles. The summed E-state index contributed by atoms with van der Waals surface area (Å²) < 4.78 is 81.4. The molecule has 34 heteroatoms. The summed E-state index contributed by atoms with van der Waals surface area (Å²) in [6.07, 6.45) is -26.0. The topological polar surface area (TPSA) is 526 Å². The minimum atomic E-state index is -5.82. The van der Waals surface area contributed by atoms with Crippen LogP contribution in [0.25, 0.3) is 0 Å². The number of esters is 2. The van der Waals surface area contributed by atoms with Crippen LogP contribution in [0.5, 0.6) is 0 Å². The lowest BCUT2D eigenvalue weighted by molar-refractivity contribution is -0.365. The van der Waals surface area contributed by atoms with E-state index in [9.17, 15) is 106 Å². The van der Waals surface area contributed by atoms with Crippen LogP contribution >= 0.6 is 7.82 Å². The van der Waals surface area contributed by atoms with E-state index in [2.05, 4.69) is 26.0 Å². The van der Waals surface area contributed by atoms with E-state index >= 15 is 0 Å². The van der Waals surface area contributed by atoms with Gasteiger partial charge in [0, 0.05) is 12.8 Å². The number of aliphatic hydroxyl groups excluding tert-OH is 17. The highest BCUT2D eigenvalue weighted by atomic mass is 31.2. The SMILES string of the molecule is CCCCCC/C=C\CCCCCCCC(=O)O[C@H](COC(=O)CCCCCCCCCCCCCCCC)COP(=O)(O)O[C@@H]1C(O[C@@H]2OC(CO[C@@H]3OC(CO[C@@H]4OC(CO)[C@H](O)C(O)[C@@H]4O)[C@H](O)C(O)[C@@H]3O)[C@H](O)C(O)[C@@H]2O)C(O)[C@@H](O)C(O)[C@H]1O[C@H]1OC(CO)[C@@H](O)C(O)[C@H]1O. The van der Waals surface area contributed by atoms with E-state index in [-0.39, 0.29) is 12.8 Å². The maximum Gasteiger partial charge on any atom is 0.472 e. The second-order valence-corrected chi connectivity index (χ2v) is 28.3. The van der Waals surface area contributed by atoms with Gasteiger partial charge in [-0.3, -0.25) is 18.6 Å². The molecule has 0 spiro atoms. The minimum Gasteiger partial charge on any atom is -0.462 e. The third kappa shape index (κ3) is 28.2. The number of aliphatic hydroxyl groups is 17. The highest BCUT2D eigenvalue weighted by Crippen LogP contribution is 2.49. The molecule has 0 aromatic carbocycles. The van der Waals surface area contributed by atoms with Crippen LogP contribution in [0.1, 0.15) is 187 Å². The smallest absolute Gasteiger partial charge is 0.462 e. The maximum atomic E-state index is 14.4. The van der Waals surface area contributed by atoms with E-state index in [1.165, 1.54) is 70.6 Å². The van der Waals surface area contributed by atoms with Gasteiger partial charge >= 0.3 is 19.8 Å². The van der Waals surface area contributed by atoms with Crippen molar-refractivity contribution in [3.05, 3.63) is 12.2 Å². The molecular formula is C66H119O33P. The molecule has 4 heterocycles. The molecular weight excluding hydrogens is 1350 g/mol. The Labute approximate surface area is 584 Å². The van der Waals surface area contributed by atoms with Crippen molar-refractivity contribution in [1.82, 2.24) is 0 Å². The van der Waals surface area contributed by atoms with Crippen molar-refractivity contribution < 1.29 is 162 Å². The van der Waals surface area contributed by atoms with Gasteiger partial charge in [0.1, 0.15) is 141 Å². The predicted molar refractivity (Wildman–Crippen MR) is 347 cm³/mol. The Hall–Kier alpha value is -2.21. The Morgan fingerprint density at radius 1 is 0.390 bits per heavy atom. The molecule has 4 saturated heterocycles. The molecule has 1 saturated carbocycles. The molecule has 5 rings (SSSR count). The van der Waals surface area contributed by atoms with Gasteiger partial charge in [-0.15, -0.1) is 0 Å². The lowest BCUT2D eigenvalue weighted by Crippen LogP contribution is -2.69. The van der Waals surface area contributed by atoms with Crippen LogP contribution in [0.15, 0.2) is 12.2 Å². The van der Waals surface area contributed by atoms with E-state index in [4.69, 9.17) is 56.4 Å². The number of phosphoric ester groups is 1. The Morgan fingerprint density at radius 3 is 1.14 bits per heavy atom. The van der Waals surface area contributed by atoms with Gasteiger partial charge < -0.3 is 139 Å². The standard InChI is InChI=1S/C66H119O33P/c1-3-5-7-9-11-13-15-17-19-20-22-24-26-28-30-43(69)88-34-38(92-44(70)31-29-27-25-23-21-18-16-14-12-10-8-6-4-2)35-91-100(86,87)99-62-60(97-65-58(84)50(76)46(72)40(33-68)94-65)54(80)53(79)55(81)61(62)98-66-59(85)52(78)48(74)42(96-66)37-90-64-57(83)51(77)47(73)41(95-64)36-89-63-56(82)49(75)45(71)39(32-67)93-63/h14,16,38-42,45-68,71-85H,3-13,15,17-37H2,1-2H3,(H,86,87)/b16-14-/t38-,39?,40?,41?,42?,45+,46-,47+,48+,49?,50?,51?,52?,53+,54?,55?,56+,57+,58-,59+,60-,61?,62+,63-,64-,65-,66+/m1/s1. The zero-order valence-electron chi connectivity index (χ0n) is 57.7. The van der Waals surface area contributed by atoms with Gasteiger partial charge in [-0.1, -0.05) is 148 Å². The summed E-state index contributed by atoms with van der Waals surface area (Å²) in [4.78, 5) is 38.1. The molecule has 0 radical (unpaired) electrons. The van der Waals surface area contributed by atoms with Crippen molar-refractivity contribution >= 4 is 19.8 Å². The van der Waals surface area contributed by atoms with Crippen LogP contribution in [0.4, 0.5) is 0 Å². The second kappa shape index (κ2) is 46.8. The van der Waals surface area contributed by atoms with Gasteiger partial charge in [0.15, 0.2) is 31.3 Å². The van der Waals surface area contributed by atoms with E-state index in [0.29, 0.717) is 19.3 Å². The summed E-state index contributed by atoms with van der Waals surface area (Å²) >= 11 is 0. The van der Waals surface area contributed by atoms with Gasteiger partial charge in [-0.05, 0) is 38.5 Å². The molecule has 5 aliphatic rings. The first-order valence-corrected chi connectivity index (χ1v) is 37.5. The monoisotopic (exact) mass is 1470 g/mol. The first kappa shape index (κ1) is 88.4. The quantitative estimate of drug-likeness (QED) is 0.0153. The van der Waals surface area contributed by atoms with Crippen LogP contribution in [-0.4, -0.2) is 309 Å². The summed E-state index contributed by atoms with van der Waals surface area (Å²) in [5.74, 6) is -1.45. The average Bonchev–Trinajstić information content (AvgIpc) is 0.761. The lowest BCUT2D eigenvalue weighted by atomic mass is 9.84. The van der Waals surface area contributed by atoms with E-state index in [0.717, 1.165) is 70.6 Å². The van der Waals surface area contributed by atoms with E-state index in [1.54, 1.807) is 0 Å². The Kier molecular flexibility index (Phi) is 41.4. The summed E-state index contributed by atoms with van der Waals surface area (Å²) in [6.45, 7) is -0.939. The lowest BCUT2D eigenvalue weighted by Gasteiger charge is -2.49. The number of carbonyl (C=O) groups excluding carboxylic acids is 2. The number of carbonyl (C=O) groups is 2. The normalized spacial score (nSPS) is 36.7. The number of hydrogen-bond donors (Lipinski definition) is 18. The molecule has 5 fully saturated rings. The van der Waals surface area contributed by atoms with Gasteiger partial charge in [0.2, 0.25) is 0 Å². The summed E-state index contributed by atoms with van der Waals surface area (Å²) in [7, 11) is -5.82. The minimum absolute atomic E-state index is 0.00256. The van der Waals surface area contributed by atoms with Crippen LogP contribution in [0.3, 0.4) is 0 Å². The fourth-order valence-electron chi connectivity index (χ4n) is 12.5. The number of ether oxygens (including phenoxy) is 10. The molecule has 0 aromatic rings. The van der Waals surface area contributed by atoms with Crippen molar-refractivity contribution in [3.63, 3.8) is 0 Å². The molecule has 28 atom stereocenters. The Morgan fingerprint density at radius 2 is 0.720 bits per heavy atom. The van der Waals surface area contributed by atoms with Crippen LogP contribution in [-0.2, 0) is 70.6 Å². The third-order valence-corrected chi connectivity index (χ3v) is 19.8. The molecule has 100 heavy (non-hydrogen) atoms. The van der Waals surface area contributed by atoms with Crippen LogP contribution in [0, 0.1) is 0 Å². The van der Waals surface area contributed by atoms with Crippen LogP contribution in [0.2, 0.25) is 0 Å². The largest absolute Gasteiger partial charge is 0.472 e. The number of phosphoric acid groups is 1. The van der Waals surface area contributed by atoms with Crippen molar-refractivity contribution in [2.24, 2.45) is 0 Å². The number of unbranched alkanes of at least 4 members (excludes halogenated alkanes) is 22. The van der Waals surface area contributed by atoms with Crippen molar-refractivity contribution in [2.45, 2.75) is 353 Å². The first-order chi connectivity index (χ1) is 47.8. The van der Waals surface area contributed by atoms with Crippen LogP contribution < -0.4 is 0 Å². The molecule has 18 N–H and O–H groups in total. The van der Waals surface area contributed by atoms with Gasteiger partial charge in [-0.25, -0.2) is 4.57 Å². The average molecular weight is 1470 g/mol. The molecule has 33 nitrogen and oxygen atoms in total. The maximum absolute atomic E-state index is 14.4. The highest BCUT2D eigenvalue weighted by Gasteiger charge is 2.59. The molecule has 586 valence electrons. The fourth-order valence-corrected chi connectivity index (χ4v) is 13.4. The fraction of sp³-hybridized carbons (Fsp3) is 0.939. The van der Waals surface area contributed by atoms with E-state index < -0.39 is 225 Å². The predicted octanol–water partition coefficient (Wildman–Crippen LogP) is -0.813. The molecule has 12 unspecified atom stereocenters. The van der Waals surface area contributed by atoms with Gasteiger partial charge in [0.05, 0.1) is 33.0 Å². The van der Waals surface area contributed by atoms with E-state index in [1.807, 2.05) is 0 Å². The summed E-state index contributed by atoms with van der Waals surface area (Å²) in [5, 5.41) is 183. The summed E-state index contributed by atoms with van der Waals surface area (Å²) in [5.41, 5.74) is 0. The Balaban J connectivity index is 1.30. The zero-order valence-corrected chi connectivity index (χ0v) is 58.6. The van der Waals surface area contributed by atoms with Crippen molar-refractivity contribution in [2.75, 3.05) is 39.6 Å². The van der Waals surface area contributed by atoms with Crippen molar-refractivity contribution in [1.29, 1.82) is 0 Å². The number of rotatable bonds is 48. The summed E-state index contributed by atoms with van der Waals surface area (Å²) in [6, 6.07) is 0. The number of hydrogen-bond acceptors (Lipinski definition) is 32. The first-order valence-electron chi connectivity index (χ1n) is 36.0. The Bertz CT molecular complexity index is 2300. The highest BCUT2D eigenvalue weighted by molar-refractivity contribution is 7.47. The number of allylic oxidation sites excluding steroid dienone is 2. The van der Waals surface area contributed by atoms with Gasteiger partial charge in [0.25, 0.3) is 0 Å². The molecule has 0 amide bonds. The van der Waals surface area contributed by atoms with Gasteiger partial charge in [-0.2, -0.15) is 0 Å². The molecule has 0 bridgehead atoms. The molecule has 1 aliphatic carbocycles.